The molecule has 3 amide bonds. The standard InChI is InChI=1S/C23H23N3O5/c1-23(2,22(30)31-3)18-9-7-13(11-24-18)14-5-4-6-15-16(14)12-26(21(15)29)17-8-10-19(27)25-20(17)28/h4-7,9,11,17H,8,10,12H2,1-3H3,(H,25,27,28). The molecule has 1 N–H and O–H groups in total. The first-order chi connectivity index (χ1) is 14.7. The van der Waals surface area contributed by atoms with Gasteiger partial charge in [0.2, 0.25) is 11.8 Å². The fraction of sp³-hybridized carbons (Fsp3) is 0.348. The Hall–Kier alpha value is -3.55. The van der Waals surface area contributed by atoms with E-state index in [-0.39, 0.29) is 30.7 Å². The van der Waals surface area contributed by atoms with E-state index in [1.54, 1.807) is 38.2 Å². The van der Waals surface area contributed by atoms with Crippen molar-refractivity contribution in [2.24, 2.45) is 0 Å². The van der Waals surface area contributed by atoms with Crippen LogP contribution in [0.3, 0.4) is 0 Å². The van der Waals surface area contributed by atoms with Crippen molar-refractivity contribution in [3.05, 3.63) is 53.3 Å². The molecule has 3 heterocycles. The lowest BCUT2D eigenvalue weighted by Crippen LogP contribution is -2.52. The third-order valence-electron chi connectivity index (χ3n) is 5.99. The van der Waals surface area contributed by atoms with Crippen molar-refractivity contribution < 1.29 is 23.9 Å². The Morgan fingerprint density at radius 2 is 1.90 bits per heavy atom. The Morgan fingerprint density at radius 3 is 2.55 bits per heavy atom. The van der Waals surface area contributed by atoms with Crippen LogP contribution in [0, 0.1) is 0 Å². The number of imide groups is 1. The number of methoxy groups -OCH3 is 1. The molecule has 0 spiro atoms. The molecule has 2 aliphatic rings. The highest BCUT2D eigenvalue weighted by molar-refractivity contribution is 6.06. The zero-order chi connectivity index (χ0) is 22.3. The summed E-state index contributed by atoms with van der Waals surface area (Å²) in [5, 5.41) is 2.31. The van der Waals surface area contributed by atoms with Gasteiger partial charge in [0.15, 0.2) is 0 Å². The van der Waals surface area contributed by atoms with Crippen LogP contribution in [0.1, 0.15) is 48.3 Å². The van der Waals surface area contributed by atoms with Gasteiger partial charge >= 0.3 is 5.97 Å². The maximum atomic E-state index is 13.0. The molecule has 1 atom stereocenters. The fourth-order valence-corrected chi connectivity index (χ4v) is 4.14. The Balaban J connectivity index is 1.64. The number of benzene rings is 1. The van der Waals surface area contributed by atoms with Crippen molar-refractivity contribution in [2.75, 3.05) is 7.11 Å². The maximum absolute atomic E-state index is 13.0. The van der Waals surface area contributed by atoms with Crippen LogP contribution in [0.5, 0.6) is 0 Å². The average molecular weight is 421 g/mol. The molecule has 8 heteroatoms. The van der Waals surface area contributed by atoms with Gasteiger partial charge in [0.25, 0.3) is 5.91 Å². The van der Waals surface area contributed by atoms with Crippen molar-refractivity contribution in [1.82, 2.24) is 15.2 Å². The van der Waals surface area contributed by atoms with Crippen molar-refractivity contribution in [3.63, 3.8) is 0 Å². The van der Waals surface area contributed by atoms with Crippen LogP contribution < -0.4 is 5.32 Å². The van der Waals surface area contributed by atoms with Crippen molar-refractivity contribution >= 4 is 23.7 Å². The minimum atomic E-state index is -0.884. The number of hydrogen-bond acceptors (Lipinski definition) is 6. The smallest absolute Gasteiger partial charge is 0.317 e. The first-order valence-electron chi connectivity index (χ1n) is 10.1. The van der Waals surface area contributed by atoms with Crippen LogP contribution in [0.2, 0.25) is 0 Å². The summed E-state index contributed by atoms with van der Waals surface area (Å²) in [6.45, 7) is 3.78. The lowest BCUT2D eigenvalue weighted by atomic mass is 9.88. The van der Waals surface area contributed by atoms with Gasteiger partial charge in [-0.05, 0) is 43.5 Å². The molecule has 1 unspecified atom stereocenters. The Morgan fingerprint density at radius 1 is 1.16 bits per heavy atom. The van der Waals surface area contributed by atoms with Crippen LogP contribution in [0.25, 0.3) is 11.1 Å². The van der Waals surface area contributed by atoms with Gasteiger partial charge in [-0.1, -0.05) is 18.2 Å². The number of carbonyl (C=O) groups excluding carboxylic acids is 4. The second-order valence-corrected chi connectivity index (χ2v) is 8.28. The summed E-state index contributed by atoms with van der Waals surface area (Å²) in [5.74, 6) is -1.34. The molecule has 31 heavy (non-hydrogen) atoms. The molecule has 1 saturated heterocycles. The van der Waals surface area contributed by atoms with Gasteiger partial charge in [0.1, 0.15) is 11.5 Å². The molecule has 160 valence electrons. The minimum Gasteiger partial charge on any atom is -0.468 e. The second-order valence-electron chi connectivity index (χ2n) is 8.28. The molecule has 2 aromatic rings. The molecule has 0 aliphatic carbocycles. The zero-order valence-corrected chi connectivity index (χ0v) is 17.6. The van der Waals surface area contributed by atoms with Crippen molar-refractivity contribution in [3.8, 4) is 11.1 Å². The van der Waals surface area contributed by atoms with Gasteiger partial charge in [-0.3, -0.25) is 29.5 Å². The third-order valence-corrected chi connectivity index (χ3v) is 5.99. The van der Waals surface area contributed by atoms with Crippen LogP contribution in [0.4, 0.5) is 0 Å². The number of nitrogens with one attached hydrogen (secondary N) is 1. The van der Waals surface area contributed by atoms with Crippen LogP contribution >= 0.6 is 0 Å². The molecule has 0 radical (unpaired) electrons. The molecule has 1 aromatic carbocycles. The summed E-state index contributed by atoms with van der Waals surface area (Å²) in [5.41, 5.74) is 2.71. The molecule has 1 fully saturated rings. The van der Waals surface area contributed by atoms with E-state index in [0.29, 0.717) is 17.7 Å². The van der Waals surface area contributed by atoms with Crippen LogP contribution in [0.15, 0.2) is 36.5 Å². The zero-order valence-electron chi connectivity index (χ0n) is 17.6. The number of hydrogen-bond donors (Lipinski definition) is 1. The van der Waals surface area contributed by atoms with E-state index in [4.69, 9.17) is 4.74 Å². The summed E-state index contributed by atoms with van der Waals surface area (Å²) in [6, 6.07) is 8.43. The number of amides is 3. The Bertz CT molecular complexity index is 1090. The van der Waals surface area contributed by atoms with Crippen molar-refractivity contribution in [2.45, 2.75) is 44.7 Å². The minimum absolute atomic E-state index is 0.213. The van der Waals surface area contributed by atoms with Gasteiger partial charge in [0.05, 0.1) is 12.8 Å². The SMILES string of the molecule is COC(=O)C(C)(C)c1ccc(-c2cccc3c2CN(C2CCC(=O)NC2=O)C3=O)cn1. The van der Waals surface area contributed by atoms with Gasteiger partial charge in [-0.25, -0.2) is 0 Å². The first-order valence-corrected chi connectivity index (χ1v) is 10.1. The summed E-state index contributed by atoms with van der Waals surface area (Å²) < 4.78 is 4.87. The molecule has 4 rings (SSSR count). The van der Waals surface area contributed by atoms with Gasteiger partial charge < -0.3 is 9.64 Å². The number of esters is 1. The summed E-state index contributed by atoms with van der Waals surface area (Å²) in [6.07, 6.45) is 2.21. The largest absolute Gasteiger partial charge is 0.468 e. The quantitative estimate of drug-likeness (QED) is 0.598. The molecule has 2 aliphatic heterocycles. The number of rotatable bonds is 4. The maximum Gasteiger partial charge on any atom is 0.317 e. The van der Waals surface area contributed by atoms with Gasteiger partial charge in [-0.15, -0.1) is 0 Å². The third kappa shape index (κ3) is 3.48. The molecular weight excluding hydrogens is 398 g/mol. The number of aromatic nitrogens is 1. The highest BCUT2D eigenvalue weighted by atomic mass is 16.5. The number of pyridine rings is 1. The van der Waals surface area contributed by atoms with E-state index in [9.17, 15) is 19.2 Å². The van der Waals surface area contributed by atoms with Crippen molar-refractivity contribution in [1.29, 1.82) is 0 Å². The average Bonchev–Trinajstić information content (AvgIpc) is 3.09. The summed E-state index contributed by atoms with van der Waals surface area (Å²) in [4.78, 5) is 54.8. The van der Waals surface area contributed by atoms with E-state index in [1.165, 1.54) is 12.0 Å². The number of ether oxygens (including phenoxy) is 1. The highest BCUT2D eigenvalue weighted by Gasteiger charge is 2.40. The molecule has 8 nitrogen and oxygen atoms in total. The summed E-state index contributed by atoms with van der Waals surface area (Å²) >= 11 is 0. The van der Waals surface area contributed by atoms with Crippen LogP contribution in [-0.2, 0) is 31.1 Å². The predicted molar refractivity (Wildman–Crippen MR) is 111 cm³/mol. The first kappa shape index (κ1) is 20.7. The Labute approximate surface area is 179 Å². The number of piperidine rings is 1. The lowest BCUT2D eigenvalue weighted by Gasteiger charge is -2.29. The topological polar surface area (TPSA) is 106 Å². The summed E-state index contributed by atoms with van der Waals surface area (Å²) in [7, 11) is 1.34. The molecule has 1 aromatic heterocycles. The van der Waals surface area contributed by atoms with E-state index < -0.39 is 17.4 Å². The lowest BCUT2D eigenvalue weighted by molar-refractivity contribution is -0.146. The van der Waals surface area contributed by atoms with E-state index in [2.05, 4.69) is 10.3 Å². The second kappa shape index (κ2) is 7.61. The normalized spacial score (nSPS) is 18.6. The number of carbonyl (C=O) groups is 4. The fourth-order valence-electron chi connectivity index (χ4n) is 4.14. The van der Waals surface area contributed by atoms with E-state index in [1.807, 2.05) is 12.1 Å². The molecular formula is C23H23N3O5. The Kier molecular flexibility index (Phi) is 5.08. The predicted octanol–water partition coefficient (Wildman–Crippen LogP) is 1.96. The highest BCUT2D eigenvalue weighted by Crippen LogP contribution is 2.35. The van der Waals surface area contributed by atoms with Gasteiger partial charge in [-0.2, -0.15) is 0 Å². The number of nitrogens with zero attached hydrogens (tertiary/aromatic N) is 2. The van der Waals surface area contributed by atoms with Gasteiger partial charge in [0, 0.05) is 30.3 Å². The molecule has 0 saturated carbocycles. The number of fused-ring (bicyclic) bond motifs is 1. The molecule has 0 bridgehead atoms. The van der Waals surface area contributed by atoms with Crippen LogP contribution in [-0.4, -0.2) is 46.7 Å². The monoisotopic (exact) mass is 421 g/mol. The van der Waals surface area contributed by atoms with E-state index in [0.717, 1.165) is 16.7 Å². The van der Waals surface area contributed by atoms with E-state index >= 15 is 0 Å².